The third kappa shape index (κ3) is 4.08. The summed E-state index contributed by atoms with van der Waals surface area (Å²) in [6.45, 7) is 1.83. The first-order valence-corrected chi connectivity index (χ1v) is 8.17. The van der Waals surface area contributed by atoms with E-state index in [9.17, 15) is 4.79 Å². The van der Waals surface area contributed by atoms with Crippen molar-refractivity contribution in [2.45, 2.75) is 25.9 Å². The second-order valence-electron chi connectivity index (χ2n) is 4.56. The van der Waals surface area contributed by atoms with E-state index in [-0.39, 0.29) is 12.5 Å². The van der Waals surface area contributed by atoms with Crippen molar-refractivity contribution < 1.29 is 14.6 Å². The molecule has 21 heavy (non-hydrogen) atoms. The van der Waals surface area contributed by atoms with Crippen LogP contribution < -0.4 is 4.74 Å². The Morgan fingerprint density at radius 2 is 2.14 bits per heavy atom. The maximum atomic E-state index is 10.6. The van der Waals surface area contributed by atoms with E-state index in [4.69, 9.17) is 21.4 Å². The fourth-order valence-electron chi connectivity index (χ4n) is 1.87. The molecule has 1 atom stereocenters. The molecule has 1 heterocycles. The van der Waals surface area contributed by atoms with Crippen molar-refractivity contribution in [1.82, 2.24) is 4.98 Å². The third-order valence-electron chi connectivity index (χ3n) is 2.89. The Hall–Kier alpha value is -0.850. The topological polar surface area (TPSA) is 59.4 Å². The number of hydrogen-bond acceptors (Lipinski definition) is 3. The van der Waals surface area contributed by atoms with Gasteiger partial charge in [-0.1, -0.05) is 27.5 Å². The molecular formula is C14H12Br2ClNO3. The van der Waals surface area contributed by atoms with Gasteiger partial charge in [-0.15, -0.1) is 0 Å². The number of benzene rings is 1. The summed E-state index contributed by atoms with van der Waals surface area (Å²) in [6.07, 6.45) is 0.226. The average molecular weight is 438 g/mol. The highest BCUT2D eigenvalue weighted by atomic mass is 79.9. The lowest BCUT2D eigenvalue weighted by molar-refractivity contribution is -0.137. The highest BCUT2D eigenvalue weighted by Crippen LogP contribution is 2.38. The lowest BCUT2D eigenvalue weighted by atomic mass is 10.2. The minimum absolute atomic E-state index is 0.0570. The van der Waals surface area contributed by atoms with Crippen LogP contribution >= 0.6 is 43.5 Å². The number of nitrogens with zero attached hydrogens (tertiary/aromatic N) is 1. The van der Waals surface area contributed by atoms with Gasteiger partial charge in [-0.3, -0.25) is 4.79 Å². The normalized spacial score (nSPS) is 12.4. The number of rotatable bonds is 5. The molecule has 0 aliphatic heterocycles. The second kappa shape index (κ2) is 6.94. The number of aliphatic carboxylic acids is 1. The van der Waals surface area contributed by atoms with E-state index in [0.717, 1.165) is 14.3 Å². The highest BCUT2D eigenvalue weighted by molar-refractivity contribution is 9.11. The molecule has 0 spiro atoms. The molecule has 0 aliphatic carbocycles. The Bertz CT molecular complexity index is 693. The maximum absolute atomic E-state index is 10.6. The van der Waals surface area contributed by atoms with E-state index in [0.29, 0.717) is 22.8 Å². The Kier molecular flexibility index (Phi) is 5.46. The van der Waals surface area contributed by atoms with Crippen LogP contribution in [0.2, 0.25) is 5.15 Å². The summed E-state index contributed by atoms with van der Waals surface area (Å²) in [4.78, 5) is 14.9. The predicted octanol–water partition coefficient (Wildman–Crippen LogP) is 5.05. The zero-order valence-electron chi connectivity index (χ0n) is 11.1. The quantitative estimate of drug-likeness (QED) is 0.666. The molecule has 1 aromatic heterocycles. The second-order valence-corrected chi connectivity index (χ2v) is 6.66. The number of pyridine rings is 1. The molecule has 0 amide bonds. The van der Waals surface area contributed by atoms with Crippen molar-refractivity contribution in [1.29, 1.82) is 0 Å². The van der Waals surface area contributed by atoms with Gasteiger partial charge in [-0.2, -0.15) is 0 Å². The Morgan fingerprint density at radius 3 is 2.81 bits per heavy atom. The van der Waals surface area contributed by atoms with Crippen LogP contribution in [0.5, 0.6) is 5.75 Å². The number of ether oxygens (including phenoxy) is 1. The van der Waals surface area contributed by atoms with Crippen LogP contribution in [-0.2, 0) is 4.79 Å². The summed E-state index contributed by atoms with van der Waals surface area (Å²) in [7, 11) is 0. The summed E-state index contributed by atoms with van der Waals surface area (Å²) in [5, 5.41) is 9.98. The molecule has 112 valence electrons. The smallest absolute Gasteiger partial charge is 0.303 e. The molecule has 2 aromatic rings. The molecular weight excluding hydrogens is 425 g/mol. The molecule has 2 rings (SSSR count). The first-order chi connectivity index (χ1) is 9.88. The van der Waals surface area contributed by atoms with Gasteiger partial charge in [-0.05, 0) is 47.5 Å². The van der Waals surface area contributed by atoms with Crippen LogP contribution in [0.25, 0.3) is 10.9 Å². The molecule has 1 unspecified atom stereocenters. The average Bonchev–Trinajstić information content (AvgIpc) is 2.40. The molecule has 0 bridgehead atoms. The standard InChI is InChI=1S/C14H12Br2ClNO3/c1-7(2-5-12(19)20)21-14-10(16)6-9(15)8-3-4-11(17)18-13(8)14/h3-4,6-7H,2,5H2,1H3,(H,19,20). The molecule has 0 radical (unpaired) electrons. The van der Waals surface area contributed by atoms with Crippen molar-refractivity contribution >= 4 is 60.3 Å². The van der Waals surface area contributed by atoms with Crippen LogP contribution in [0.4, 0.5) is 0 Å². The molecule has 1 N–H and O–H groups in total. The number of hydrogen-bond donors (Lipinski definition) is 1. The molecule has 0 saturated heterocycles. The summed E-state index contributed by atoms with van der Waals surface area (Å²) < 4.78 is 7.48. The predicted molar refractivity (Wildman–Crippen MR) is 89.1 cm³/mol. The van der Waals surface area contributed by atoms with Gasteiger partial charge in [0.1, 0.15) is 10.7 Å². The fraction of sp³-hybridized carbons (Fsp3) is 0.286. The Labute approximate surface area is 143 Å². The van der Waals surface area contributed by atoms with Gasteiger partial charge in [0.05, 0.1) is 10.6 Å². The van der Waals surface area contributed by atoms with E-state index >= 15 is 0 Å². The van der Waals surface area contributed by atoms with Crippen molar-refractivity contribution in [3.63, 3.8) is 0 Å². The lowest BCUT2D eigenvalue weighted by Gasteiger charge is -2.17. The van der Waals surface area contributed by atoms with Gasteiger partial charge in [-0.25, -0.2) is 4.98 Å². The van der Waals surface area contributed by atoms with Crippen molar-refractivity contribution in [2.75, 3.05) is 0 Å². The zero-order chi connectivity index (χ0) is 15.6. The first-order valence-electron chi connectivity index (χ1n) is 6.21. The van der Waals surface area contributed by atoms with Crippen molar-refractivity contribution in [2.24, 2.45) is 0 Å². The summed E-state index contributed by atoms with van der Waals surface area (Å²) in [5.41, 5.74) is 0.630. The van der Waals surface area contributed by atoms with E-state index in [1.165, 1.54) is 0 Å². The van der Waals surface area contributed by atoms with Gasteiger partial charge in [0.2, 0.25) is 0 Å². The number of carbonyl (C=O) groups is 1. The van der Waals surface area contributed by atoms with Crippen LogP contribution in [0.1, 0.15) is 19.8 Å². The third-order valence-corrected chi connectivity index (χ3v) is 4.34. The monoisotopic (exact) mass is 435 g/mol. The summed E-state index contributed by atoms with van der Waals surface area (Å²) >= 11 is 12.9. The van der Waals surface area contributed by atoms with E-state index in [2.05, 4.69) is 36.8 Å². The maximum Gasteiger partial charge on any atom is 0.303 e. The Morgan fingerprint density at radius 1 is 1.43 bits per heavy atom. The number of carboxylic acids is 1. The number of halogens is 3. The number of aromatic nitrogens is 1. The Balaban J connectivity index is 2.38. The number of carboxylic acid groups (broad SMARTS) is 1. The first kappa shape index (κ1) is 16.5. The van der Waals surface area contributed by atoms with Crippen LogP contribution in [0.3, 0.4) is 0 Å². The van der Waals surface area contributed by atoms with Gasteiger partial charge < -0.3 is 9.84 Å². The minimum atomic E-state index is -0.841. The zero-order valence-corrected chi connectivity index (χ0v) is 15.0. The molecule has 0 saturated carbocycles. The minimum Gasteiger partial charge on any atom is -0.487 e. The van der Waals surface area contributed by atoms with Crippen molar-refractivity contribution in [3.05, 3.63) is 32.3 Å². The molecule has 7 heteroatoms. The number of fused-ring (bicyclic) bond motifs is 1. The van der Waals surface area contributed by atoms with Crippen LogP contribution in [-0.4, -0.2) is 22.2 Å². The molecule has 0 aliphatic rings. The van der Waals surface area contributed by atoms with E-state index < -0.39 is 5.97 Å². The highest BCUT2D eigenvalue weighted by Gasteiger charge is 2.16. The lowest BCUT2D eigenvalue weighted by Crippen LogP contribution is -2.14. The molecule has 1 aromatic carbocycles. The molecule has 4 nitrogen and oxygen atoms in total. The van der Waals surface area contributed by atoms with Gasteiger partial charge in [0, 0.05) is 16.3 Å². The summed E-state index contributed by atoms with van der Waals surface area (Å²) in [5.74, 6) is -0.278. The van der Waals surface area contributed by atoms with Crippen molar-refractivity contribution in [3.8, 4) is 5.75 Å². The fourth-order valence-corrected chi connectivity index (χ4v) is 3.38. The largest absolute Gasteiger partial charge is 0.487 e. The summed E-state index contributed by atoms with van der Waals surface area (Å²) in [6, 6.07) is 5.44. The van der Waals surface area contributed by atoms with E-state index in [1.54, 1.807) is 6.07 Å². The van der Waals surface area contributed by atoms with Gasteiger partial charge in [0.25, 0.3) is 0 Å². The molecule has 0 fully saturated rings. The van der Waals surface area contributed by atoms with Gasteiger partial charge >= 0.3 is 5.97 Å². The van der Waals surface area contributed by atoms with Gasteiger partial charge in [0.15, 0.2) is 5.75 Å². The van der Waals surface area contributed by atoms with Crippen LogP contribution in [0.15, 0.2) is 27.1 Å². The van der Waals surface area contributed by atoms with Crippen LogP contribution in [0, 0.1) is 0 Å². The van der Waals surface area contributed by atoms with E-state index in [1.807, 2.05) is 19.1 Å². The SMILES string of the molecule is CC(CCC(=O)O)Oc1c(Br)cc(Br)c2ccc(Cl)nc12.